The van der Waals surface area contributed by atoms with Crippen LogP contribution in [0.25, 0.3) is 10.9 Å². The van der Waals surface area contributed by atoms with E-state index >= 15 is 0 Å². The van der Waals surface area contributed by atoms with Gasteiger partial charge in [0.05, 0.1) is 36.0 Å². The summed E-state index contributed by atoms with van der Waals surface area (Å²) in [5.41, 5.74) is 1.13. The van der Waals surface area contributed by atoms with Crippen LogP contribution in [0.3, 0.4) is 0 Å². The van der Waals surface area contributed by atoms with Gasteiger partial charge >= 0.3 is 6.09 Å². The predicted octanol–water partition coefficient (Wildman–Crippen LogP) is 8.54. The highest BCUT2D eigenvalue weighted by Gasteiger charge is 2.66. The summed E-state index contributed by atoms with van der Waals surface area (Å²) in [6.45, 7) is 4.18. The van der Waals surface area contributed by atoms with Crippen LogP contribution in [0.4, 0.5) is 13.6 Å². The Hall–Kier alpha value is -4.09. The number of amides is 2. The van der Waals surface area contributed by atoms with Crippen molar-refractivity contribution >= 4 is 36.1 Å². The van der Waals surface area contributed by atoms with Crippen molar-refractivity contribution in [1.82, 2.24) is 15.2 Å². The first-order chi connectivity index (χ1) is 27.4. The number of ether oxygens (including phenoxy) is 3. The Morgan fingerprint density at radius 1 is 0.982 bits per heavy atom. The number of alkyl carbamates (subject to hydrolysis) is 1. The quantitative estimate of drug-likeness (QED) is 0.203. The maximum atomic E-state index is 14.9. The molecule has 0 radical (unpaired) electrons. The normalized spacial score (nSPS) is 27.1. The van der Waals surface area contributed by atoms with E-state index in [0.717, 1.165) is 74.4 Å². The number of nitrogens with one attached hydrogen (secondary N) is 1. The number of carbonyl (C=O) groups excluding carboxylic acids is 3. The van der Waals surface area contributed by atoms with E-state index < -0.39 is 71.9 Å². The molecule has 4 aliphatic rings. The smallest absolute Gasteiger partial charge is 0.408 e. The first-order valence-electron chi connectivity index (χ1n) is 20.6. The van der Waals surface area contributed by atoms with E-state index in [-0.39, 0.29) is 37.8 Å². The minimum atomic E-state index is -4.39. The van der Waals surface area contributed by atoms with Crippen molar-refractivity contribution in [3.05, 3.63) is 65.2 Å². The van der Waals surface area contributed by atoms with E-state index in [1.165, 1.54) is 11.0 Å². The number of benzene rings is 2. The lowest BCUT2D eigenvalue weighted by molar-refractivity contribution is -0.139. The van der Waals surface area contributed by atoms with Gasteiger partial charge in [-0.15, -0.1) is 0 Å². The van der Waals surface area contributed by atoms with Gasteiger partial charge in [0.25, 0.3) is 0 Å². The monoisotopic (exact) mass is 809 g/mol. The van der Waals surface area contributed by atoms with Crippen molar-refractivity contribution in [3.8, 4) is 11.6 Å². The van der Waals surface area contributed by atoms with E-state index in [2.05, 4.69) is 10.3 Å². The molecule has 2 unspecified atom stereocenters. The molecule has 3 heterocycles. The summed E-state index contributed by atoms with van der Waals surface area (Å²) < 4.78 is 62.3. The second kappa shape index (κ2) is 17.4. The molecule has 14 heteroatoms. The molecule has 0 spiro atoms. The van der Waals surface area contributed by atoms with Crippen molar-refractivity contribution < 1.29 is 46.8 Å². The van der Waals surface area contributed by atoms with Crippen molar-refractivity contribution in [3.63, 3.8) is 0 Å². The molecule has 308 valence electrons. The number of ketones is 1. The number of aromatic nitrogens is 1. The van der Waals surface area contributed by atoms with Crippen LogP contribution in [0, 0.1) is 24.5 Å². The van der Waals surface area contributed by atoms with Crippen LogP contribution in [0.2, 0.25) is 0 Å². The number of hydrogen-bond acceptors (Lipinski definition) is 8. The molecule has 57 heavy (non-hydrogen) atoms. The minimum Gasteiger partial charge on any atom is -0.488 e. The third-order valence-corrected chi connectivity index (χ3v) is 15.3. The Bertz CT molecular complexity index is 2010. The first kappa shape index (κ1) is 41.1. The summed E-state index contributed by atoms with van der Waals surface area (Å²) in [4.78, 5) is 60.5. The van der Waals surface area contributed by atoms with Gasteiger partial charge in [-0.3, -0.25) is 14.2 Å². The molecule has 0 bridgehead atoms. The van der Waals surface area contributed by atoms with E-state index in [4.69, 9.17) is 14.2 Å². The number of aryl methyl sites for hydroxylation is 1. The molecule has 11 nitrogen and oxygen atoms in total. The summed E-state index contributed by atoms with van der Waals surface area (Å²) >= 11 is 0. The molecule has 6 atom stereocenters. The molecular weight excluding hydrogens is 755 g/mol. The lowest BCUT2D eigenvalue weighted by Crippen LogP contribution is -2.52. The highest BCUT2D eigenvalue weighted by Crippen LogP contribution is 2.75. The third-order valence-electron chi connectivity index (χ3n) is 12.5. The van der Waals surface area contributed by atoms with Gasteiger partial charge in [0, 0.05) is 29.9 Å². The number of halogens is 2. The molecule has 2 aliphatic carbocycles. The molecule has 2 aliphatic heterocycles. The molecule has 2 amide bonds. The topological polar surface area (TPSA) is 144 Å². The number of Topliss-reactive ketones (excluding diaryl/α,β-unsaturated/α-hetero) is 1. The van der Waals surface area contributed by atoms with Crippen LogP contribution >= 0.6 is 7.37 Å². The van der Waals surface area contributed by atoms with Gasteiger partial charge in [-0.2, -0.15) is 0 Å². The van der Waals surface area contributed by atoms with Gasteiger partial charge in [-0.1, -0.05) is 50.3 Å². The van der Waals surface area contributed by atoms with Crippen molar-refractivity contribution in [2.24, 2.45) is 5.92 Å². The summed E-state index contributed by atoms with van der Waals surface area (Å²) in [6.07, 6.45) is 6.06. The van der Waals surface area contributed by atoms with Crippen LogP contribution < -0.4 is 14.8 Å². The highest BCUT2D eigenvalue weighted by atomic mass is 31.2. The largest absolute Gasteiger partial charge is 0.488 e. The zero-order valence-electron chi connectivity index (χ0n) is 32.9. The molecule has 2 aromatic carbocycles. The Morgan fingerprint density at radius 3 is 2.40 bits per heavy atom. The number of hydrogen-bond donors (Lipinski definition) is 2. The van der Waals surface area contributed by atoms with Crippen LogP contribution in [0.15, 0.2) is 42.5 Å². The molecule has 2 saturated carbocycles. The SMILES string of the molecule is CCOc1cc(OC2C[C@H]3C(=O)C[C@]4(P(=O)(O)Cc5c(F)cccc5F)C[C@H]4CCCCCCC[C@H](NC(=O)OC4CCCC4)C(=O)N3C2)c2cccc(C)c2n1. The minimum absolute atomic E-state index is 0.0122. The number of para-hydroxylation sites is 1. The second-order valence-electron chi connectivity index (χ2n) is 16.4. The maximum Gasteiger partial charge on any atom is 0.408 e. The molecule has 2 saturated heterocycles. The van der Waals surface area contributed by atoms with Crippen molar-refractivity contribution in [2.45, 2.75) is 139 Å². The molecule has 1 aromatic heterocycles. The summed E-state index contributed by atoms with van der Waals surface area (Å²) in [5, 5.41) is 2.18. The fourth-order valence-electron chi connectivity index (χ4n) is 9.31. The number of pyridine rings is 1. The summed E-state index contributed by atoms with van der Waals surface area (Å²) in [6, 6.07) is 8.71. The Labute approximate surface area is 332 Å². The molecule has 4 fully saturated rings. The van der Waals surface area contributed by atoms with E-state index in [9.17, 15) is 32.6 Å². The van der Waals surface area contributed by atoms with Gasteiger partial charge in [-0.05, 0) is 88.5 Å². The number of rotatable bonds is 9. The fourth-order valence-corrected chi connectivity index (χ4v) is 12.0. The summed E-state index contributed by atoms with van der Waals surface area (Å²) in [5.74, 6) is -2.16. The first-order valence-corrected chi connectivity index (χ1v) is 22.5. The average Bonchev–Trinajstić information content (AvgIpc) is 3.43. The van der Waals surface area contributed by atoms with E-state index in [0.29, 0.717) is 43.0 Å². The molecule has 3 aromatic rings. The lowest BCUT2D eigenvalue weighted by atomic mass is 10.0. The van der Waals surface area contributed by atoms with Gasteiger partial charge in [0.1, 0.15) is 35.6 Å². The number of nitrogens with zero attached hydrogens (tertiary/aromatic N) is 2. The highest BCUT2D eigenvalue weighted by molar-refractivity contribution is 7.59. The Balaban J connectivity index is 1.21. The predicted molar refractivity (Wildman–Crippen MR) is 211 cm³/mol. The lowest BCUT2D eigenvalue weighted by Gasteiger charge is -2.30. The van der Waals surface area contributed by atoms with Crippen LogP contribution in [0.1, 0.15) is 108 Å². The fraction of sp³-hybridized carbons (Fsp3) is 0.581. The van der Waals surface area contributed by atoms with Gasteiger partial charge < -0.3 is 29.3 Å². The zero-order chi connectivity index (χ0) is 40.3. The molecule has 2 N–H and O–H groups in total. The van der Waals surface area contributed by atoms with Crippen LogP contribution in [-0.4, -0.2) is 75.2 Å². The second-order valence-corrected chi connectivity index (χ2v) is 19.0. The number of carbonyl (C=O) groups is 3. The van der Waals surface area contributed by atoms with Gasteiger partial charge in [-0.25, -0.2) is 18.6 Å². The molecular formula is C43H54F2N3O8P. The van der Waals surface area contributed by atoms with Crippen molar-refractivity contribution in [1.29, 1.82) is 0 Å². The van der Waals surface area contributed by atoms with E-state index in [1.54, 1.807) is 6.07 Å². The van der Waals surface area contributed by atoms with Gasteiger partial charge in [0.15, 0.2) is 5.78 Å². The van der Waals surface area contributed by atoms with Crippen LogP contribution in [-0.2, 0) is 25.1 Å². The molecule has 7 rings (SSSR count). The Morgan fingerprint density at radius 2 is 1.67 bits per heavy atom. The standard InChI is InChI=1S/C43H54F2N3O8P/c1-3-54-39-22-38(31-17-11-13-27(2)40(31)47-39)55-30-21-36-37(49)24-43(57(52,53)26-32-33(44)18-12-19-34(32)45)23-28(43)14-7-5-4-6-8-20-35(41(50)48(36)25-30)46-42(51)56-29-15-9-10-16-29/h11-13,17-19,22,28-30,35-36H,3-10,14-16,20-21,23-26H2,1-2H3,(H,46,51)(H,52,53)/t28-,30?,35+,36+,43-/m1/s1. The zero-order valence-corrected chi connectivity index (χ0v) is 33.7. The maximum absolute atomic E-state index is 14.9. The average molecular weight is 810 g/mol. The van der Waals surface area contributed by atoms with Gasteiger partial charge in [0.2, 0.25) is 19.2 Å². The third kappa shape index (κ3) is 8.99. The van der Waals surface area contributed by atoms with Crippen molar-refractivity contribution in [2.75, 3.05) is 13.2 Å². The summed E-state index contributed by atoms with van der Waals surface area (Å²) in [7, 11) is -4.39. The van der Waals surface area contributed by atoms with Crippen LogP contribution in [0.5, 0.6) is 11.6 Å². The van der Waals surface area contributed by atoms with E-state index in [1.807, 2.05) is 32.0 Å². The number of fused-ring (bicyclic) bond motifs is 3. The Kier molecular flexibility index (Phi) is 12.5.